The SMILES string of the molecule is CC(C)N(C)CCCCNc1nccn1-c1ccccc1. The van der Waals surface area contributed by atoms with Crippen LogP contribution < -0.4 is 5.32 Å². The Balaban J connectivity index is 1.79. The molecule has 0 atom stereocenters. The highest BCUT2D eigenvalue weighted by Crippen LogP contribution is 2.13. The first kappa shape index (κ1) is 15.6. The van der Waals surface area contributed by atoms with Crippen LogP contribution in [0.25, 0.3) is 5.69 Å². The molecule has 0 amide bonds. The molecule has 0 spiro atoms. The minimum absolute atomic E-state index is 0.620. The van der Waals surface area contributed by atoms with E-state index in [1.807, 2.05) is 30.6 Å². The zero-order valence-corrected chi connectivity index (χ0v) is 13.3. The number of hydrogen-bond donors (Lipinski definition) is 1. The zero-order chi connectivity index (χ0) is 15.1. The zero-order valence-electron chi connectivity index (χ0n) is 13.3. The molecule has 0 saturated heterocycles. The van der Waals surface area contributed by atoms with E-state index in [1.165, 1.54) is 6.42 Å². The monoisotopic (exact) mass is 286 g/mol. The van der Waals surface area contributed by atoms with Crippen molar-refractivity contribution in [2.75, 3.05) is 25.5 Å². The lowest BCUT2D eigenvalue weighted by atomic mass is 10.2. The van der Waals surface area contributed by atoms with Gasteiger partial charge in [-0.2, -0.15) is 0 Å². The Bertz CT molecular complexity index is 519. The number of nitrogens with one attached hydrogen (secondary N) is 1. The Morgan fingerprint density at radius 3 is 2.67 bits per heavy atom. The van der Waals surface area contributed by atoms with Crippen molar-refractivity contribution in [1.82, 2.24) is 14.5 Å². The molecule has 2 rings (SSSR count). The quantitative estimate of drug-likeness (QED) is 0.755. The van der Waals surface area contributed by atoms with Gasteiger partial charge in [0.2, 0.25) is 5.95 Å². The highest BCUT2D eigenvalue weighted by molar-refractivity contribution is 5.41. The summed E-state index contributed by atoms with van der Waals surface area (Å²) in [6, 6.07) is 10.9. The van der Waals surface area contributed by atoms with Gasteiger partial charge in [0.05, 0.1) is 0 Å². The molecule has 0 aliphatic rings. The van der Waals surface area contributed by atoms with Gasteiger partial charge in [-0.15, -0.1) is 0 Å². The molecular weight excluding hydrogens is 260 g/mol. The average Bonchev–Trinajstić information content (AvgIpc) is 2.96. The summed E-state index contributed by atoms with van der Waals surface area (Å²) in [5.74, 6) is 0.915. The molecule has 114 valence electrons. The fourth-order valence-electron chi connectivity index (χ4n) is 2.18. The van der Waals surface area contributed by atoms with Gasteiger partial charge >= 0.3 is 0 Å². The van der Waals surface area contributed by atoms with E-state index >= 15 is 0 Å². The predicted molar refractivity (Wildman–Crippen MR) is 89.1 cm³/mol. The molecule has 2 aromatic rings. The molecule has 0 bridgehead atoms. The summed E-state index contributed by atoms with van der Waals surface area (Å²) < 4.78 is 2.08. The molecule has 21 heavy (non-hydrogen) atoms. The molecule has 0 fully saturated rings. The van der Waals surface area contributed by atoms with Gasteiger partial charge in [-0.1, -0.05) is 18.2 Å². The lowest BCUT2D eigenvalue weighted by molar-refractivity contribution is 0.269. The molecule has 1 N–H and O–H groups in total. The third-order valence-electron chi connectivity index (χ3n) is 3.78. The van der Waals surface area contributed by atoms with E-state index in [4.69, 9.17) is 0 Å². The van der Waals surface area contributed by atoms with E-state index in [2.05, 4.69) is 52.8 Å². The van der Waals surface area contributed by atoms with Crippen LogP contribution in [-0.4, -0.2) is 40.6 Å². The molecule has 0 unspecified atom stereocenters. The summed E-state index contributed by atoms with van der Waals surface area (Å²) in [4.78, 5) is 6.77. The van der Waals surface area contributed by atoms with Gasteiger partial charge in [0.1, 0.15) is 0 Å². The van der Waals surface area contributed by atoms with Gasteiger partial charge in [0.15, 0.2) is 0 Å². The van der Waals surface area contributed by atoms with E-state index in [1.54, 1.807) is 0 Å². The van der Waals surface area contributed by atoms with Crippen LogP contribution >= 0.6 is 0 Å². The average molecular weight is 286 g/mol. The molecule has 4 nitrogen and oxygen atoms in total. The van der Waals surface area contributed by atoms with Crippen molar-refractivity contribution >= 4 is 5.95 Å². The summed E-state index contributed by atoms with van der Waals surface area (Å²) in [5, 5.41) is 3.43. The van der Waals surface area contributed by atoms with E-state index in [9.17, 15) is 0 Å². The van der Waals surface area contributed by atoms with Crippen LogP contribution in [0.5, 0.6) is 0 Å². The van der Waals surface area contributed by atoms with E-state index in [-0.39, 0.29) is 0 Å². The van der Waals surface area contributed by atoms with Crippen molar-refractivity contribution in [3.8, 4) is 5.69 Å². The number of unbranched alkanes of at least 4 members (excludes halogenated alkanes) is 1. The van der Waals surface area contributed by atoms with Gasteiger partial charge in [0, 0.05) is 30.7 Å². The summed E-state index contributed by atoms with van der Waals surface area (Å²) >= 11 is 0. The maximum absolute atomic E-state index is 4.39. The number of benzene rings is 1. The fourth-order valence-corrected chi connectivity index (χ4v) is 2.18. The summed E-state index contributed by atoms with van der Waals surface area (Å²) in [7, 11) is 2.18. The topological polar surface area (TPSA) is 33.1 Å². The maximum Gasteiger partial charge on any atom is 0.207 e. The Labute approximate surface area is 127 Å². The molecular formula is C17H26N4. The summed E-state index contributed by atoms with van der Waals surface area (Å²) in [6.45, 7) is 6.56. The fraction of sp³-hybridized carbons (Fsp3) is 0.471. The number of nitrogens with zero attached hydrogens (tertiary/aromatic N) is 3. The second-order valence-electron chi connectivity index (χ2n) is 5.66. The number of imidazole rings is 1. The number of aromatic nitrogens is 2. The maximum atomic E-state index is 4.39. The molecule has 0 radical (unpaired) electrons. The molecule has 1 aromatic heterocycles. The summed E-state index contributed by atoms with van der Waals surface area (Å²) in [5.41, 5.74) is 1.14. The Morgan fingerprint density at radius 2 is 1.95 bits per heavy atom. The van der Waals surface area contributed by atoms with Gasteiger partial charge in [0.25, 0.3) is 0 Å². The van der Waals surface area contributed by atoms with Crippen LogP contribution in [0.4, 0.5) is 5.95 Å². The van der Waals surface area contributed by atoms with E-state index < -0.39 is 0 Å². The van der Waals surface area contributed by atoms with Crippen molar-refractivity contribution in [1.29, 1.82) is 0 Å². The second kappa shape index (κ2) is 7.84. The van der Waals surface area contributed by atoms with Gasteiger partial charge in [-0.25, -0.2) is 4.98 Å². The third kappa shape index (κ3) is 4.60. The van der Waals surface area contributed by atoms with Crippen LogP contribution in [0.3, 0.4) is 0 Å². The van der Waals surface area contributed by atoms with Gasteiger partial charge in [-0.3, -0.25) is 4.57 Å². The first-order chi connectivity index (χ1) is 10.2. The van der Waals surface area contributed by atoms with Crippen LogP contribution in [-0.2, 0) is 0 Å². The predicted octanol–water partition coefficient (Wildman–Crippen LogP) is 3.40. The minimum Gasteiger partial charge on any atom is -0.355 e. The van der Waals surface area contributed by atoms with Crippen molar-refractivity contribution in [2.45, 2.75) is 32.7 Å². The number of hydrogen-bond acceptors (Lipinski definition) is 3. The third-order valence-corrected chi connectivity index (χ3v) is 3.78. The molecule has 1 heterocycles. The highest BCUT2D eigenvalue weighted by Gasteiger charge is 2.04. The molecule has 0 aliphatic heterocycles. The van der Waals surface area contributed by atoms with Crippen molar-refractivity contribution in [2.24, 2.45) is 0 Å². The molecule has 4 heteroatoms. The molecule has 0 aliphatic carbocycles. The first-order valence-electron chi connectivity index (χ1n) is 7.71. The smallest absolute Gasteiger partial charge is 0.207 e. The van der Waals surface area contributed by atoms with Gasteiger partial charge in [-0.05, 0) is 52.4 Å². The van der Waals surface area contributed by atoms with Crippen molar-refractivity contribution in [3.63, 3.8) is 0 Å². The molecule has 1 aromatic carbocycles. The van der Waals surface area contributed by atoms with Crippen LogP contribution in [0.2, 0.25) is 0 Å². The Hall–Kier alpha value is -1.81. The Morgan fingerprint density at radius 1 is 1.19 bits per heavy atom. The standard InChI is InChI=1S/C17H26N4/c1-15(2)20(3)13-8-7-11-18-17-19-12-14-21(17)16-9-5-4-6-10-16/h4-6,9-10,12,14-15H,7-8,11,13H2,1-3H3,(H,18,19). The van der Waals surface area contributed by atoms with Crippen LogP contribution in [0.15, 0.2) is 42.7 Å². The first-order valence-corrected chi connectivity index (χ1v) is 7.71. The van der Waals surface area contributed by atoms with E-state index in [0.717, 1.165) is 31.1 Å². The van der Waals surface area contributed by atoms with Crippen molar-refractivity contribution in [3.05, 3.63) is 42.7 Å². The van der Waals surface area contributed by atoms with E-state index in [0.29, 0.717) is 6.04 Å². The number of para-hydroxylation sites is 1. The van der Waals surface area contributed by atoms with Crippen LogP contribution in [0.1, 0.15) is 26.7 Å². The summed E-state index contributed by atoms with van der Waals surface area (Å²) in [6.07, 6.45) is 6.18. The number of anilines is 1. The minimum atomic E-state index is 0.620. The Kier molecular flexibility index (Phi) is 5.81. The van der Waals surface area contributed by atoms with Crippen molar-refractivity contribution < 1.29 is 0 Å². The lowest BCUT2D eigenvalue weighted by Crippen LogP contribution is -2.27. The second-order valence-corrected chi connectivity index (χ2v) is 5.66. The lowest BCUT2D eigenvalue weighted by Gasteiger charge is -2.20. The normalized spacial score (nSPS) is 11.3. The van der Waals surface area contributed by atoms with Crippen LogP contribution in [0, 0.1) is 0 Å². The largest absolute Gasteiger partial charge is 0.355 e. The number of rotatable bonds is 8. The van der Waals surface area contributed by atoms with Gasteiger partial charge < -0.3 is 10.2 Å². The highest BCUT2D eigenvalue weighted by atomic mass is 15.2. The molecule has 0 saturated carbocycles.